The Balaban J connectivity index is 2.15. The number of ether oxygens (including phenoxy) is 1. The van der Waals surface area contributed by atoms with Crippen molar-refractivity contribution in [1.29, 1.82) is 0 Å². The Hall–Kier alpha value is -1.13. The van der Waals surface area contributed by atoms with E-state index in [2.05, 4.69) is 0 Å². The molecule has 1 aromatic carbocycles. The van der Waals surface area contributed by atoms with Gasteiger partial charge in [0.15, 0.2) is 0 Å². The van der Waals surface area contributed by atoms with E-state index in [-0.39, 0.29) is 11.9 Å². The van der Waals surface area contributed by atoms with Crippen molar-refractivity contribution in [3.8, 4) is 0 Å². The lowest BCUT2D eigenvalue weighted by molar-refractivity contribution is 0.0457. The number of halogens is 1. The van der Waals surface area contributed by atoms with Crippen molar-refractivity contribution in [3.05, 3.63) is 29.6 Å². The zero-order chi connectivity index (χ0) is 13.8. The normalized spacial score (nSPS) is 18.6. The van der Waals surface area contributed by atoms with Crippen molar-refractivity contribution in [3.63, 3.8) is 0 Å². The van der Waals surface area contributed by atoms with Crippen LogP contribution in [0.1, 0.15) is 38.4 Å². The van der Waals surface area contributed by atoms with Crippen LogP contribution in [0.2, 0.25) is 0 Å². The van der Waals surface area contributed by atoms with E-state index in [1.54, 1.807) is 19.1 Å². The molecule has 0 aromatic heterocycles. The van der Waals surface area contributed by atoms with Crippen molar-refractivity contribution in [2.75, 3.05) is 24.6 Å². The molecule has 0 bridgehead atoms. The minimum atomic E-state index is -0.657. The molecule has 1 atom stereocenters. The first-order valence-electron chi connectivity index (χ1n) is 6.96. The molecule has 1 aliphatic heterocycles. The van der Waals surface area contributed by atoms with Gasteiger partial charge in [0.1, 0.15) is 5.82 Å². The molecule has 0 radical (unpaired) electrons. The molecular formula is C15H22FNO2. The van der Waals surface area contributed by atoms with Crippen LogP contribution in [0.3, 0.4) is 0 Å². The lowest BCUT2D eigenvalue weighted by atomic mass is 10.0. The van der Waals surface area contributed by atoms with Crippen molar-refractivity contribution in [1.82, 2.24) is 0 Å². The van der Waals surface area contributed by atoms with Crippen LogP contribution in [0.25, 0.3) is 0 Å². The molecule has 4 heteroatoms. The molecule has 1 aromatic rings. The zero-order valence-corrected chi connectivity index (χ0v) is 11.6. The van der Waals surface area contributed by atoms with Gasteiger partial charge in [0.2, 0.25) is 0 Å². The minimum Gasteiger partial charge on any atom is -0.389 e. The van der Waals surface area contributed by atoms with Crippen LogP contribution < -0.4 is 4.90 Å². The third-order valence-corrected chi connectivity index (χ3v) is 3.63. The molecule has 1 aliphatic rings. The summed E-state index contributed by atoms with van der Waals surface area (Å²) in [4.78, 5) is 2.02. The maximum Gasteiger partial charge on any atom is 0.146 e. The van der Waals surface area contributed by atoms with Crippen molar-refractivity contribution >= 4 is 5.69 Å². The van der Waals surface area contributed by atoms with Gasteiger partial charge < -0.3 is 14.7 Å². The molecule has 2 rings (SSSR count). The van der Waals surface area contributed by atoms with Gasteiger partial charge >= 0.3 is 0 Å². The van der Waals surface area contributed by atoms with Gasteiger partial charge in [0.25, 0.3) is 0 Å². The summed E-state index contributed by atoms with van der Waals surface area (Å²) in [5, 5.41) is 9.78. The monoisotopic (exact) mass is 267 g/mol. The van der Waals surface area contributed by atoms with Gasteiger partial charge in [0.05, 0.1) is 17.9 Å². The van der Waals surface area contributed by atoms with Crippen LogP contribution >= 0.6 is 0 Å². The molecule has 1 N–H and O–H groups in total. The predicted octanol–water partition coefficient (Wildman–Crippen LogP) is 2.88. The van der Waals surface area contributed by atoms with E-state index in [1.165, 1.54) is 6.07 Å². The molecule has 106 valence electrons. The van der Waals surface area contributed by atoms with Crippen molar-refractivity contribution in [2.45, 2.75) is 38.9 Å². The van der Waals surface area contributed by atoms with Gasteiger partial charge in [-0.2, -0.15) is 0 Å². The average molecular weight is 267 g/mol. The third kappa shape index (κ3) is 3.25. The van der Waals surface area contributed by atoms with E-state index in [1.807, 2.05) is 11.8 Å². The summed E-state index contributed by atoms with van der Waals surface area (Å²) in [6, 6.07) is 4.89. The van der Waals surface area contributed by atoms with Gasteiger partial charge in [-0.1, -0.05) is 12.1 Å². The van der Waals surface area contributed by atoms with Gasteiger partial charge in [-0.15, -0.1) is 0 Å². The highest BCUT2D eigenvalue weighted by Crippen LogP contribution is 2.31. The molecule has 3 nitrogen and oxygen atoms in total. The lowest BCUT2D eigenvalue weighted by Crippen LogP contribution is -2.38. The Morgan fingerprint density at radius 1 is 1.42 bits per heavy atom. The molecule has 0 amide bonds. The Bertz CT molecular complexity index is 415. The number of piperidine rings is 1. The van der Waals surface area contributed by atoms with E-state index in [0.29, 0.717) is 11.3 Å². The maximum atomic E-state index is 14.1. The fourth-order valence-corrected chi connectivity index (χ4v) is 2.68. The van der Waals surface area contributed by atoms with Gasteiger partial charge in [-0.25, -0.2) is 4.39 Å². The van der Waals surface area contributed by atoms with Gasteiger partial charge in [-0.3, -0.25) is 0 Å². The number of benzene rings is 1. The van der Waals surface area contributed by atoms with Crippen LogP contribution in [0, 0.1) is 5.82 Å². The summed E-state index contributed by atoms with van der Waals surface area (Å²) in [7, 11) is 0. The molecule has 0 aliphatic carbocycles. The van der Waals surface area contributed by atoms with E-state index >= 15 is 0 Å². The average Bonchev–Trinajstić information content (AvgIpc) is 2.40. The molecule has 0 spiro atoms. The number of anilines is 1. The molecule has 0 unspecified atom stereocenters. The van der Waals surface area contributed by atoms with Crippen LogP contribution in [0.5, 0.6) is 0 Å². The van der Waals surface area contributed by atoms with E-state index in [0.717, 1.165) is 32.5 Å². The highest BCUT2D eigenvalue weighted by atomic mass is 19.1. The summed E-state index contributed by atoms with van der Waals surface area (Å²) in [6.07, 6.45) is 1.43. The second kappa shape index (κ2) is 6.35. The van der Waals surface area contributed by atoms with Crippen LogP contribution in [-0.2, 0) is 4.74 Å². The number of hydrogen-bond acceptors (Lipinski definition) is 3. The van der Waals surface area contributed by atoms with E-state index in [4.69, 9.17) is 4.74 Å². The molecule has 0 saturated carbocycles. The molecule has 1 saturated heterocycles. The smallest absolute Gasteiger partial charge is 0.146 e. The fraction of sp³-hybridized carbons (Fsp3) is 0.600. The first-order valence-corrected chi connectivity index (χ1v) is 6.96. The Morgan fingerprint density at radius 2 is 2.11 bits per heavy atom. The maximum absolute atomic E-state index is 14.1. The number of nitrogens with zero attached hydrogens (tertiary/aromatic N) is 1. The fourth-order valence-electron chi connectivity index (χ4n) is 2.68. The topological polar surface area (TPSA) is 32.7 Å². The third-order valence-electron chi connectivity index (χ3n) is 3.63. The molecular weight excluding hydrogens is 245 g/mol. The number of rotatable bonds is 4. The van der Waals surface area contributed by atoms with Crippen molar-refractivity contribution < 1.29 is 14.2 Å². The Kier molecular flexibility index (Phi) is 4.77. The summed E-state index contributed by atoms with van der Waals surface area (Å²) < 4.78 is 19.7. The molecule has 19 heavy (non-hydrogen) atoms. The van der Waals surface area contributed by atoms with Gasteiger partial charge in [0, 0.05) is 25.3 Å². The summed E-state index contributed by atoms with van der Waals surface area (Å²) in [5.41, 5.74) is 1.21. The first kappa shape index (κ1) is 14.3. The summed E-state index contributed by atoms with van der Waals surface area (Å²) >= 11 is 0. The predicted molar refractivity (Wildman–Crippen MR) is 73.9 cm³/mol. The second-order valence-corrected chi connectivity index (χ2v) is 5.00. The number of aliphatic hydroxyl groups excluding tert-OH is 1. The summed E-state index contributed by atoms with van der Waals surface area (Å²) in [6.45, 7) is 5.93. The van der Waals surface area contributed by atoms with Gasteiger partial charge in [-0.05, 0) is 32.8 Å². The number of aliphatic hydroxyl groups is 1. The quantitative estimate of drug-likeness (QED) is 0.910. The van der Waals surface area contributed by atoms with E-state index in [9.17, 15) is 9.50 Å². The minimum absolute atomic E-state index is 0.256. The number of para-hydroxylation sites is 1. The highest BCUT2D eigenvalue weighted by Gasteiger charge is 2.24. The Labute approximate surface area is 114 Å². The highest BCUT2D eigenvalue weighted by molar-refractivity contribution is 5.56. The molecule has 1 fully saturated rings. The summed E-state index contributed by atoms with van der Waals surface area (Å²) in [5.74, 6) is -0.256. The van der Waals surface area contributed by atoms with Crippen molar-refractivity contribution in [2.24, 2.45) is 0 Å². The Morgan fingerprint density at radius 3 is 2.68 bits per heavy atom. The number of hydrogen-bond donors (Lipinski definition) is 1. The SMILES string of the molecule is CCOC1CCN(c2c(F)cccc2[C@@H](C)O)CC1. The van der Waals surface area contributed by atoms with Crippen LogP contribution in [0.15, 0.2) is 18.2 Å². The standard InChI is InChI=1S/C15H22FNO2/c1-3-19-12-7-9-17(10-8-12)15-13(11(2)18)5-4-6-14(15)16/h4-6,11-12,18H,3,7-10H2,1-2H3/t11-/m1/s1. The first-order chi connectivity index (χ1) is 9.13. The van der Waals surface area contributed by atoms with Crippen LogP contribution in [-0.4, -0.2) is 30.9 Å². The second-order valence-electron chi connectivity index (χ2n) is 5.00. The van der Waals surface area contributed by atoms with E-state index < -0.39 is 6.10 Å². The molecule has 1 heterocycles. The van der Waals surface area contributed by atoms with Crippen LogP contribution in [0.4, 0.5) is 10.1 Å². The lowest BCUT2D eigenvalue weighted by Gasteiger charge is -2.35. The largest absolute Gasteiger partial charge is 0.389 e. The zero-order valence-electron chi connectivity index (χ0n) is 11.6.